The van der Waals surface area contributed by atoms with E-state index in [9.17, 15) is 4.79 Å². The Hall–Kier alpha value is -3.28. The zero-order valence-electron chi connectivity index (χ0n) is 15.1. The first-order chi connectivity index (χ1) is 12.6. The lowest BCUT2D eigenvalue weighted by Crippen LogP contribution is -2.17. The van der Waals surface area contributed by atoms with Crippen LogP contribution in [-0.4, -0.2) is 32.4 Å². The van der Waals surface area contributed by atoms with Crippen molar-refractivity contribution in [1.29, 1.82) is 0 Å². The van der Waals surface area contributed by atoms with Crippen LogP contribution in [0.3, 0.4) is 0 Å². The fourth-order valence-electron chi connectivity index (χ4n) is 2.03. The zero-order chi connectivity index (χ0) is 18.8. The summed E-state index contributed by atoms with van der Waals surface area (Å²) in [7, 11) is 3.22. The summed E-state index contributed by atoms with van der Waals surface area (Å²) in [6, 6.07) is 14.7. The van der Waals surface area contributed by atoms with Crippen molar-refractivity contribution in [3.63, 3.8) is 0 Å². The molecule has 136 valence electrons. The van der Waals surface area contributed by atoms with E-state index in [1.165, 1.54) is 0 Å². The summed E-state index contributed by atoms with van der Waals surface area (Å²) < 4.78 is 10.2. The van der Waals surface area contributed by atoms with Crippen LogP contribution in [0.25, 0.3) is 6.08 Å². The number of carbonyl (C=O) groups excluding carboxylic acids is 1. The molecule has 1 N–H and O–H groups in total. The number of benzene rings is 2. The van der Waals surface area contributed by atoms with E-state index in [1.807, 2.05) is 36.4 Å². The summed E-state index contributed by atoms with van der Waals surface area (Å²) >= 11 is 0. The second-order valence-electron chi connectivity index (χ2n) is 5.39. The van der Waals surface area contributed by atoms with Gasteiger partial charge in [0.05, 0.1) is 19.9 Å². The molecule has 0 heterocycles. The van der Waals surface area contributed by atoms with Gasteiger partial charge in [0.1, 0.15) is 11.5 Å². The number of rotatable bonds is 8. The molecule has 0 aliphatic carbocycles. The fraction of sp³-hybridized carbons (Fsp3) is 0.200. The van der Waals surface area contributed by atoms with E-state index >= 15 is 0 Å². The van der Waals surface area contributed by atoms with E-state index < -0.39 is 0 Å². The molecule has 6 heteroatoms. The molecule has 2 aromatic carbocycles. The Bertz CT molecular complexity index is 765. The lowest BCUT2D eigenvalue weighted by Gasteiger charge is -2.05. The van der Waals surface area contributed by atoms with Gasteiger partial charge >= 0.3 is 0 Å². The van der Waals surface area contributed by atoms with Crippen LogP contribution in [0.5, 0.6) is 11.5 Å². The maximum atomic E-state index is 11.8. The van der Waals surface area contributed by atoms with Crippen molar-refractivity contribution in [3.05, 3.63) is 60.2 Å². The van der Waals surface area contributed by atoms with Crippen molar-refractivity contribution in [2.24, 2.45) is 5.16 Å². The van der Waals surface area contributed by atoms with Gasteiger partial charge in [0.2, 0.25) is 0 Å². The molecular formula is C20H22N2O4. The van der Waals surface area contributed by atoms with Gasteiger partial charge in [0.25, 0.3) is 5.91 Å². The van der Waals surface area contributed by atoms with Crippen LogP contribution in [0, 0.1) is 0 Å². The number of hydrogen-bond donors (Lipinski definition) is 1. The van der Waals surface area contributed by atoms with Crippen molar-refractivity contribution in [3.8, 4) is 11.5 Å². The van der Waals surface area contributed by atoms with Crippen molar-refractivity contribution >= 4 is 23.4 Å². The number of nitrogens with one attached hydrogen (secondary N) is 1. The van der Waals surface area contributed by atoms with Crippen molar-refractivity contribution < 1.29 is 19.1 Å². The van der Waals surface area contributed by atoms with Crippen LogP contribution in [0.4, 0.5) is 5.69 Å². The Balaban J connectivity index is 1.78. The predicted molar refractivity (Wildman–Crippen MR) is 103 cm³/mol. The average molecular weight is 354 g/mol. The lowest BCUT2D eigenvalue weighted by molar-refractivity contribution is -0.120. The van der Waals surface area contributed by atoms with E-state index in [1.54, 1.807) is 45.4 Å². The molecule has 0 atom stereocenters. The lowest BCUT2D eigenvalue weighted by atomic mass is 10.2. The van der Waals surface area contributed by atoms with Crippen LogP contribution in [0.2, 0.25) is 0 Å². The number of allylic oxidation sites excluding steroid dienone is 1. The second kappa shape index (κ2) is 9.88. The van der Waals surface area contributed by atoms with Crippen LogP contribution in [0.15, 0.2) is 59.8 Å². The number of hydrogen-bond acceptors (Lipinski definition) is 5. The van der Waals surface area contributed by atoms with E-state index in [0.717, 1.165) is 17.1 Å². The normalized spacial score (nSPS) is 11.3. The Labute approximate surface area is 153 Å². The molecular weight excluding hydrogens is 332 g/mol. The van der Waals surface area contributed by atoms with E-state index in [0.29, 0.717) is 11.4 Å². The minimum absolute atomic E-state index is 0.167. The molecule has 2 aromatic rings. The third-order valence-corrected chi connectivity index (χ3v) is 3.41. The number of carbonyl (C=O) groups is 1. The molecule has 0 saturated heterocycles. The van der Waals surface area contributed by atoms with Crippen molar-refractivity contribution in [2.75, 3.05) is 26.1 Å². The topological polar surface area (TPSA) is 69.2 Å². The van der Waals surface area contributed by atoms with Crippen LogP contribution >= 0.6 is 0 Å². The second-order valence-corrected chi connectivity index (χ2v) is 5.39. The minimum Gasteiger partial charge on any atom is -0.497 e. The Morgan fingerprint density at radius 3 is 2.15 bits per heavy atom. The van der Waals surface area contributed by atoms with Crippen LogP contribution in [0.1, 0.15) is 12.5 Å². The Kier molecular flexibility index (Phi) is 7.24. The summed E-state index contributed by atoms with van der Waals surface area (Å²) in [4.78, 5) is 16.9. The summed E-state index contributed by atoms with van der Waals surface area (Å²) in [6.07, 6.45) is 3.71. The van der Waals surface area contributed by atoms with Crippen molar-refractivity contribution in [1.82, 2.24) is 0 Å². The highest BCUT2D eigenvalue weighted by Gasteiger charge is 2.03. The van der Waals surface area contributed by atoms with Gasteiger partial charge < -0.3 is 19.6 Å². The third kappa shape index (κ3) is 6.32. The molecule has 6 nitrogen and oxygen atoms in total. The number of methoxy groups -OCH3 is 2. The largest absolute Gasteiger partial charge is 0.497 e. The van der Waals surface area contributed by atoms with Gasteiger partial charge in [-0.05, 0) is 55.0 Å². The molecule has 0 aliphatic heterocycles. The molecule has 0 fully saturated rings. The summed E-state index contributed by atoms with van der Waals surface area (Å²) in [6.45, 7) is 1.63. The molecule has 0 aromatic heterocycles. The molecule has 1 amide bonds. The van der Waals surface area contributed by atoms with Gasteiger partial charge in [-0.3, -0.25) is 4.79 Å². The zero-order valence-corrected chi connectivity index (χ0v) is 15.1. The smallest absolute Gasteiger partial charge is 0.265 e. The van der Waals surface area contributed by atoms with E-state index in [4.69, 9.17) is 14.3 Å². The van der Waals surface area contributed by atoms with Gasteiger partial charge in [-0.15, -0.1) is 0 Å². The first-order valence-corrected chi connectivity index (χ1v) is 8.03. The number of ether oxygens (including phenoxy) is 2. The quantitative estimate of drug-likeness (QED) is 0.579. The molecule has 0 radical (unpaired) electrons. The van der Waals surface area contributed by atoms with E-state index in [-0.39, 0.29) is 12.5 Å². The molecule has 26 heavy (non-hydrogen) atoms. The number of amides is 1. The highest BCUT2D eigenvalue weighted by atomic mass is 16.6. The average Bonchev–Trinajstić information content (AvgIpc) is 2.67. The van der Waals surface area contributed by atoms with Gasteiger partial charge in [-0.2, -0.15) is 0 Å². The van der Waals surface area contributed by atoms with Gasteiger partial charge in [0, 0.05) is 5.69 Å². The monoisotopic (exact) mass is 354 g/mol. The summed E-state index contributed by atoms with van der Waals surface area (Å²) in [5, 5.41) is 6.62. The Morgan fingerprint density at radius 2 is 1.58 bits per heavy atom. The first-order valence-electron chi connectivity index (χ1n) is 8.03. The third-order valence-electron chi connectivity index (χ3n) is 3.41. The van der Waals surface area contributed by atoms with Gasteiger partial charge in [-0.1, -0.05) is 23.4 Å². The Morgan fingerprint density at radius 1 is 1.00 bits per heavy atom. The number of nitrogens with zero attached hydrogens (tertiary/aromatic N) is 1. The minimum atomic E-state index is -0.286. The van der Waals surface area contributed by atoms with Crippen molar-refractivity contribution in [2.45, 2.75) is 6.92 Å². The molecule has 0 unspecified atom stereocenters. The van der Waals surface area contributed by atoms with Gasteiger partial charge in [0.15, 0.2) is 6.61 Å². The van der Waals surface area contributed by atoms with E-state index in [2.05, 4.69) is 10.5 Å². The molecule has 0 spiro atoms. The molecule has 0 bridgehead atoms. The van der Waals surface area contributed by atoms with Gasteiger partial charge in [-0.25, -0.2) is 0 Å². The highest BCUT2D eigenvalue weighted by Crippen LogP contribution is 2.15. The first kappa shape index (κ1) is 19.1. The fourth-order valence-corrected chi connectivity index (χ4v) is 2.03. The standard InChI is InChI=1S/C20H22N2O4/c1-15(4-5-16-6-10-18(24-2)11-7-16)22-26-14-20(23)21-17-8-12-19(25-3)13-9-17/h4-13H,14H2,1-3H3,(H,21,23)/b5-4+,22-15+. The number of oxime groups is 1. The highest BCUT2D eigenvalue weighted by molar-refractivity contribution is 5.96. The number of anilines is 1. The summed E-state index contributed by atoms with van der Waals surface area (Å²) in [5.74, 6) is 1.24. The molecule has 0 aliphatic rings. The molecule has 2 rings (SSSR count). The SMILES string of the molecule is COc1ccc(/C=C/C(C)=N/OCC(=O)Nc2ccc(OC)cc2)cc1. The van der Waals surface area contributed by atoms with Crippen LogP contribution in [-0.2, 0) is 9.63 Å². The van der Waals surface area contributed by atoms with Crippen LogP contribution < -0.4 is 14.8 Å². The predicted octanol–water partition coefficient (Wildman–Crippen LogP) is 3.75. The maximum absolute atomic E-state index is 11.8. The molecule has 0 saturated carbocycles. The maximum Gasteiger partial charge on any atom is 0.265 e. The summed E-state index contributed by atoms with van der Waals surface area (Å²) in [5.41, 5.74) is 2.33.